The van der Waals surface area contributed by atoms with Crippen molar-refractivity contribution >= 4 is 5.91 Å². The molecule has 33 heavy (non-hydrogen) atoms. The Morgan fingerprint density at radius 2 is 1.73 bits per heavy atom. The third-order valence-corrected chi connectivity index (χ3v) is 5.10. The molecule has 1 heterocycles. The number of aromatic nitrogens is 1. The molecular formula is C24H23F3N2O4. The van der Waals surface area contributed by atoms with Crippen molar-refractivity contribution in [2.75, 3.05) is 20.8 Å². The molecule has 0 aliphatic carbocycles. The molecule has 0 fully saturated rings. The zero-order valence-corrected chi connectivity index (χ0v) is 18.3. The smallest absolute Gasteiger partial charge is 0.416 e. The van der Waals surface area contributed by atoms with Crippen molar-refractivity contribution in [1.82, 2.24) is 9.88 Å². The summed E-state index contributed by atoms with van der Waals surface area (Å²) in [6.45, 7) is 1.83. The minimum Gasteiger partial charge on any atom is -0.493 e. The van der Waals surface area contributed by atoms with Gasteiger partial charge in [0.1, 0.15) is 5.56 Å². The average molecular weight is 460 g/mol. The van der Waals surface area contributed by atoms with Crippen LogP contribution in [0.2, 0.25) is 0 Å². The molecule has 0 saturated carbocycles. The number of halogens is 3. The molecule has 1 N–H and O–H groups in total. The van der Waals surface area contributed by atoms with Gasteiger partial charge in [0, 0.05) is 17.9 Å². The number of rotatable bonds is 7. The first-order chi connectivity index (χ1) is 15.7. The van der Waals surface area contributed by atoms with E-state index in [1.807, 2.05) is 6.07 Å². The summed E-state index contributed by atoms with van der Waals surface area (Å²) in [7, 11) is 3.06. The first kappa shape index (κ1) is 23.9. The van der Waals surface area contributed by atoms with Gasteiger partial charge < -0.3 is 14.8 Å². The number of methoxy groups -OCH3 is 2. The van der Waals surface area contributed by atoms with Gasteiger partial charge in [-0.3, -0.25) is 14.2 Å². The first-order valence-corrected chi connectivity index (χ1v) is 10.0. The van der Waals surface area contributed by atoms with Crippen molar-refractivity contribution in [2.45, 2.75) is 19.5 Å². The zero-order valence-electron chi connectivity index (χ0n) is 18.3. The van der Waals surface area contributed by atoms with E-state index in [0.717, 1.165) is 22.3 Å². The Morgan fingerprint density at radius 1 is 1.00 bits per heavy atom. The van der Waals surface area contributed by atoms with Crippen molar-refractivity contribution in [3.05, 3.63) is 87.3 Å². The van der Waals surface area contributed by atoms with Gasteiger partial charge in [-0.25, -0.2) is 0 Å². The van der Waals surface area contributed by atoms with Gasteiger partial charge in [0.05, 0.1) is 19.8 Å². The van der Waals surface area contributed by atoms with Crippen LogP contribution in [0.1, 0.15) is 27.2 Å². The maximum atomic E-state index is 13.1. The summed E-state index contributed by atoms with van der Waals surface area (Å²) in [6.07, 6.45) is -4.08. The minimum absolute atomic E-state index is 0.0345. The quantitative estimate of drug-likeness (QED) is 0.575. The number of hydrogen-bond acceptors (Lipinski definition) is 4. The van der Waals surface area contributed by atoms with Crippen molar-refractivity contribution in [3.8, 4) is 17.2 Å². The van der Waals surface area contributed by atoms with Gasteiger partial charge in [-0.1, -0.05) is 12.1 Å². The molecule has 0 aliphatic heterocycles. The highest BCUT2D eigenvalue weighted by Gasteiger charge is 2.30. The summed E-state index contributed by atoms with van der Waals surface area (Å²) in [4.78, 5) is 25.6. The molecule has 0 aliphatic rings. The molecule has 2 aromatic carbocycles. The molecule has 1 amide bonds. The largest absolute Gasteiger partial charge is 0.493 e. The lowest BCUT2D eigenvalue weighted by Gasteiger charge is -2.14. The molecule has 6 nitrogen and oxygen atoms in total. The van der Waals surface area contributed by atoms with Crippen LogP contribution in [0.4, 0.5) is 13.2 Å². The molecule has 0 spiro atoms. The lowest BCUT2D eigenvalue weighted by atomic mass is 10.1. The highest BCUT2D eigenvalue weighted by atomic mass is 19.4. The van der Waals surface area contributed by atoms with Crippen LogP contribution in [0.15, 0.2) is 59.4 Å². The Hall–Kier alpha value is -3.75. The van der Waals surface area contributed by atoms with Crippen molar-refractivity contribution in [2.24, 2.45) is 0 Å². The molecule has 0 saturated heterocycles. The lowest BCUT2D eigenvalue weighted by Crippen LogP contribution is -2.34. The summed E-state index contributed by atoms with van der Waals surface area (Å²) < 4.78 is 50.8. The van der Waals surface area contributed by atoms with E-state index in [-0.39, 0.29) is 17.8 Å². The Labute approximate surface area is 188 Å². The van der Waals surface area contributed by atoms with E-state index in [1.54, 1.807) is 19.1 Å². The summed E-state index contributed by atoms with van der Waals surface area (Å²) >= 11 is 0. The van der Waals surface area contributed by atoms with Gasteiger partial charge in [-0.15, -0.1) is 0 Å². The SMILES string of the molecule is COc1ccc(CCNC(=O)c2ccc(C)n(-c3cccc(C(F)(F)F)c3)c2=O)cc1OC. The Morgan fingerprint density at radius 3 is 2.39 bits per heavy atom. The van der Waals surface area contributed by atoms with Gasteiger partial charge in [0.15, 0.2) is 11.5 Å². The van der Waals surface area contributed by atoms with E-state index >= 15 is 0 Å². The third-order valence-electron chi connectivity index (χ3n) is 5.10. The van der Waals surface area contributed by atoms with Crippen LogP contribution in [-0.4, -0.2) is 31.2 Å². The number of benzene rings is 2. The van der Waals surface area contributed by atoms with Crippen molar-refractivity contribution < 1.29 is 27.4 Å². The fourth-order valence-corrected chi connectivity index (χ4v) is 3.40. The average Bonchev–Trinajstić information content (AvgIpc) is 2.78. The van der Waals surface area contributed by atoms with Gasteiger partial charge in [0.2, 0.25) is 0 Å². The highest BCUT2D eigenvalue weighted by Crippen LogP contribution is 2.30. The Kier molecular flexibility index (Phi) is 7.10. The van der Waals surface area contributed by atoms with Gasteiger partial charge >= 0.3 is 6.18 Å². The lowest BCUT2D eigenvalue weighted by molar-refractivity contribution is -0.137. The fourth-order valence-electron chi connectivity index (χ4n) is 3.40. The minimum atomic E-state index is -4.55. The maximum Gasteiger partial charge on any atom is 0.416 e. The monoisotopic (exact) mass is 460 g/mol. The summed E-state index contributed by atoms with van der Waals surface area (Å²) in [6, 6.07) is 12.7. The van der Waals surface area contributed by atoms with Crippen LogP contribution in [-0.2, 0) is 12.6 Å². The molecule has 3 aromatic rings. The number of carbonyl (C=O) groups is 1. The fraction of sp³-hybridized carbons (Fsp3) is 0.250. The van der Waals surface area contributed by atoms with E-state index in [9.17, 15) is 22.8 Å². The van der Waals surface area contributed by atoms with Crippen LogP contribution >= 0.6 is 0 Å². The summed E-state index contributed by atoms with van der Waals surface area (Å²) in [5, 5.41) is 2.68. The number of carbonyl (C=O) groups excluding carboxylic acids is 1. The van der Waals surface area contributed by atoms with Crippen LogP contribution in [0, 0.1) is 6.92 Å². The second-order valence-corrected chi connectivity index (χ2v) is 7.27. The number of ether oxygens (including phenoxy) is 2. The molecule has 1 aromatic heterocycles. The van der Waals surface area contributed by atoms with E-state index in [4.69, 9.17) is 9.47 Å². The van der Waals surface area contributed by atoms with E-state index in [0.29, 0.717) is 23.6 Å². The standard InChI is InChI=1S/C24H23F3N2O4/c1-15-7-9-19(23(31)29(15)18-6-4-5-17(14-18)24(25,26)27)22(30)28-12-11-16-8-10-20(32-2)21(13-16)33-3/h4-10,13-14H,11-12H2,1-3H3,(H,28,30). The number of aryl methyl sites for hydroxylation is 1. The molecule has 174 valence electrons. The highest BCUT2D eigenvalue weighted by molar-refractivity contribution is 5.93. The zero-order chi connectivity index (χ0) is 24.2. The normalized spacial score (nSPS) is 11.2. The number of pyridine rings is 1. The van der Waals surface area contributed by atoms with Gasteiger partial charge in [-0.2, -0.15) is 13.2 Å². The second-order valence-electron chi connectivity index (χ2n) is 7.27. The molecule has 0 unspecified atom stereocenters. The summed E-state index contributed by atoms with van der Waals surface area (Å²) in [5.41, 5.74) is -0.411. The molecular weight excluding hydrogens is 437 g/mol. The predicted molar refractivity (Wildman–Crippen MR) is 117 cm³/mol. The van der Waals surface area contributed by atoms with E-state index in [2.05, 4.69) is 5.32 Å². The van der Waals surface area contributed by atoms with E-state index in [1.165, 1.54) is 38.5 Å². The van der Waals surface area contributed by atoms with Crippen molar-refractivity contribution in [3.63, 3.8) is 0 Å². The number of nitrogens with one attached hydrogen (secondary N) is 1. The number of alkyl halides is 3. The maximum absolute atomic E-state index is 13.1. The van der Waals surface area contributed by atoms with Crippen molar-refractivity contribution in [1.29, 1.82) is 0 Å². The number of amides is 1. The summed E-state index contributed by atoms with van der Waals surface area (Å²) in [5.74, 6) is 0.533. The number of hydrogen-bond donors (Lipinski definition) is 1. The van der Waals surface area contributed by atoms with Crippen LogP contribution in [0.5, 0.6) is 11.5 Å². The van der Waals surface area contributed by atoms with Crippen LogP contribution in [0.3, 0.4) is 0 Å². The second kappa shape index (κ2) is 9.81. The molecule has 0 radical (unpaired) electrons. The van der Waals surface area contributed by atoms with Crippen LogP contribution in [0.25, 0.3) is 5.69 Å². The molecule has 0 atom stereocenters. The van der Waals surface area contributed by atoms with Gasteiger partial charge in [0.25, 0.3) is 11.5 Å². The molecule has 0 bridgehead atoms. The van der Waals surface area contributed by atoms with Gasteiger partial charge in [-0.05, 0) is 61.4 Å². The molecule has 3 rings (SSSR count). The number of nitrogens with zero attached hydrogens (tertiary/aromatic N) is 1. The Balaban J connectivity index is 1.79. The predicted octanol–water partition coefficient (Wildman–Crippen LogP) is 4.15. The first-order valence-electron chi connectivity index (χ1n) is 10.0. The third kappa shape index (κ3) is 5.36. The van der Waals surface area contributed by atoms with E-state index < -0.39 is 23.2 Å². The Bertz CT molecular complexity index is 1220. The van der Waals surface area contributed by atoms with Crippen LogP contribution < -0.4 is 20.3 Å². The molecule has 9 heteroatoms. The topological polar surface area (TPSA) is 69.6 Å².